The van der Waals surface area contributed by atoms with Crippen molar-refractivity contribution in [1.82, 2.24) is 29.4 Å². The molecule has 1 fully saturated rings. The third kappa shape index (κ3) is 4.46. The Kier molecular flexibility index (Phi) is 5.57. The van der Waals surface area contributed by atoms with Crippen LogP contribution in [0.5, 0.6) is 5.75 Å². The first-order chi connectivity index (χ1) is 16.1. The van der Waals surface area contributed by atoms with Crippen LogP contribution in [0.4, 0.5) is 0 Å². The Morgan fingerprint density at radius 3 is 2.79 bits per heavy atom. The smallest absolute Gasteiger partial charge is 0.255 e. The molecule has 0 aliphatic carbocycles. The van der Waals surface area contributed by atoms with E-state index in [2.05, 4.69) is 15.2 Å². The van der Waals surface area contributed by atoms with Gasteiger partial charge in [-0.1, -0.05) is 0 Å². The molecular weight excluding hydrogens is 424 g/mol. The van der Waals surface area contributed by atoms with Gasteiger partial charge in [0.2, 0.25) is 5.43 Å². The van der Waals surface area contributed by atoms with Crippen molar-refractivity contribution < 1.29 is 14.3 Å². The molecular formula is C23H22N6O4. The number of benzene rings is 1. The average Bonchev–Trinajstić information content (AvgIpc) is 3.29. The van der Waals surface area contributed by atoms with Gasteiger partial charge in [0, 0.05) is 44.0 Å². The van der Waals surface area contributed by atoms with Gasteiger partial charge < -0.3 is 14.4 Å². The molecule has 0 atom stereocenters. The standard InChI is InChI=1S/C23H22N6O4/c1-27-14-18(13-25-27)29-5-4-22(30)21(26-29)15-33-19-2-3-20-16(11-19)10-17(12-24-20)23(31)28-6-8-32-9-7-28/h2-5,10-14H,6-9,15H2,1H3. The van der Waals surface area contributed by atoms with Crippen LogP contribution >= 0.6 is 0 Å². The Hall–Kier alpha value is -4.05. The molecule has 0 spiro atoms. The first-order valence-electron chi connectivity index (χ1n) is 10.5. The molecule has 4 aromatic rings. The second-order valence-corrected chi connectivity index (χ2v) is 7.72. The quantitative estimate of drug-likeness (QED) is 0.458. The van der Waals surface area contributed by atoms with Crippen LogP contribution in [0.15, 0.2) is 59.9 Å². The summed E-state index contributed by atoms with van der Waals surface area (Å²) in [5.41, 5.74) is 2.07. The topological polar surface area (TPSA) is 104 Å². The molecule has 168 valence electrons. The van der Waals surface area contributed by atoms with Crippen LogP contribution in [0.2, 0.25) is 0 Å². The summed E-state index contributed by atoms with van der Waals surface area (Å²) in [6.07, 6.45) is 6.65. The number of hydrogen-bond acceptors (Lipinski definition) is 7. The predicted octanol–water partition coefficient (Wildman–Crippen LogP) is 1.57. The van der Waals surface area contributed by atoms with E-state index in [1.807, 2.05) is 19.2 Å². The molecule has 1 amide bonds. The molecule has 0 bridgehead atoms. The minimum atomic E-state index is -0.212. The van der Waals surface area contributed by atoms with E-state index < -0.39 is 0 Å². The van der Waals surface area contributed by atoms with Gasteiger partial charge in [-0.25, -0.2) is 4.68 Å². The number of hydrogen-bond donors (Lipinski definition) is 0. The number of carbonyl (C=O) groups is 1. The average molecular weight is 446 g/mol. The lowest BCUT2D eigenvalue weighted by Gasteiger charge is -2.26. The number of pyridine rings is 1. The van der Waals surface area contributed by atoms with Gasteiger partial charge in [0.05, 0.1) is 36.7 Å². The molecule has 1 aliphatic rings. The molecule has 10 nitrogen and oxygen atoms in total. The summed E-state index contributed by atoms with van der Waals surface area (Å²) >= 11 is 0. The highest BCUT2D eigenvalue weighted by atomic mass is 16.5. The van der Waals surface area contributed by atoms with Crippen molar-refractivity contribution in [3.8, 4) is 11.4 Å². The lowest BCUT2D eigenvalue weighted by Crippen LogP contribution is -2.40. The highest BCUT2D eigenvalue weighted by Crippen LogP contribution is 2.22. The van der Waals surface area contributed by atoms with Gasteiger partial charge in [0.15, 0.2) is 0 Å². The number of carbonyl (C=O) groups excluding carboxylic acids is 1. The maximum Gasteiger partial charge on any atom is 0.255 e. The second-order valence-electron chi connectivity index (χ2n) is 7.72. The number of rotatable bonds is 5. The van der Waals surface area contributed by atoms with Crippen LogP contribution in [0, 0.1) is 0 Å². The third-order valence-electron chi connectivity index (χ3n) is 5.41. The Bertz CT molecular complexity index is 1370. The number of ether oxygens (including phenoxy) is 2. The molecule has 1 aliphatic heterocycles. The predicted molar refractivity (Wildman–Crippen MR) is 119 cm³/mol. The van der Waals surface area contributed by atoms with Crippen LogP contribution < -0.4 is 10.2 Å². The van der Waals surface area contributed by atoms with Gasteiger partial charge in [-0.2, -0.15) is 10.2 Å². The summed E-state index contributed by atoms with van der Waals surface area (Å²) in [5, 5.41) is 9.28. The molecule has 4 heterocycles. The van der Waals surface area contributed by atoms with E-state index in [1.54, 1.807) is 51.2 Å². The van der Waals surface area contributed by atoms with E-state index in [0.717, 1.165) is 16.6 Å². The molecule has 0 radical (unpaired) electrons. The van der Waals surface area contributed by atoms with E-state index in [0.29, 0.717) is 37.6 Å². The minimum absolute atomic E-state index is 0.00523. The van der Waals surface area contributed by atoms with Crippen LogP contribution in [0.3, 0.4) is 0 Å². The molecule has 10 heteroatoms. The molecule has 0 N–H and O–H groups in total. The van der Waals surface area contributed by atoms with Gasteiger partial charge >= 0.3 is 0 Å². The maximum atomic E-state index is 12.8. The van der Waals surface area contributed by atoms with Crippen molar-refractivity contribution in [2.24, 2.45) is 7.05 Å². The van der Waals surface area contributed by atoms with Crippen molar-refractivity contribution in [3.63, 3.8) is 0 Å². The van der Waals surface area contributed by atoms with Crippen LogP contribution in [0.25, 0.3) is 16.6 Å². The van der Waals surface area contributed by atoms with Gasteiger partial charge in [0.1, 0.15) is 23.7 Å². The van der Waals surface area contributed by atoms with E-state index in [9.17, 15) is 9.59 Å². The summed E-state index contributed by atoms with van der Waals surface area (Å²) in [6, 6.07) is 8.66. The van der Waals surface area contributed by atoms with Crippen molar-refractivity contribution in [2.75, 3.05) is 26.3 Å². The van der Waals surface area contributed by atoms with E-state index in [4.69, 9.17) is 9.47 Å². The normalized spacial score (nSPS) is 13.9. The number of aryl methyl sites for hydroxylation is 1. The summed E-state index contributed by atoms with van der Waals surface area (Å²) in [6.45, 7) is 2.23. The van der Waals surface area contributed by atoms with Gasteiger partial charge in [-0.3, -0.25) is 19.3 Å². The van der Waals surface area contributed by atoms with Crippen molar-refractivity contribution in [1.29, 1.82) is 0 Å². The molecule has 1 aromatic carbocycles. The summed E-state index contributed by atoms with van der Waals surface area (Å²) < 4.78 is 14.4. The number of nitrogens with zero attached hydrogens (tertiary/aromatic N) is 6. The Morgan fingerprint density at radius 2 is 2.00 bits per heavy atom. The van der Waals surface area contributed by atoms with Gasteiger partial charge in [0.25, 0.3) is 5.91 Å². The van der Waals surface area contributed by atoms with E-state index >= 15 is 0 Å². The maximum absolute atomic E-state index is 12.8. The lowest BCUT2D eigenvalue weighted by molar-refractivity contribution is 0.0302. The molecule has 0 unspecified atom stereocenters. The van der Waals surface area contributed by atoms with Crippen molar-refractivity contribution >= 4 is 16.8 Å². The molecule has 0 saturated carbocycles. The van der Waals surface area contributed by atoms with Crippen LogP contribution in [-0.2, 0) is 18.4 Å². The van der Waals surface area contributed by atoms with E-state index in [-0.39, 0.29) is 23.6 Å². The zero-order valence-electron chi connectivity index (χ0n) is 18.0. The van der Waals surface area contributed by atoms with Crippen molar-refractivity contribution in [2.45, 2.75) is 6.61 Å². The number of morpholine rings is 1. The molecule has 33 heavy (non-hydrogen) atoms. The molecule has 5 rings (SSSR count). The minimum Gasteiger partial charge on any atom is -0.487 e. The van der Waals surface area contributed by atoms with Gasteiger partial charge in [-0.05, 0) is 24.3 Å². The fraction of sp³-hybridized carbons (Fsp3) is 0.261. The van der Waals surface area contributed by atoms with Gasteiger partial charge in [-0.15, -0.1) is 0 Å². The SMILES string of the molecule is Cn1cc(-n2ccc(=O)c(COc3ccc4ncc(C(=O)N5CCOCC5)cc4c3)n2)cn1. The Labute approximate surface area is 189 Å². The zero-order valence-corrected chi connectivity index (χ0v) is 18.0. The second kappa shape index (κ2) is 8.83. The highest BCUT2D eigenvalue weighted by molar-refractivity contribution is 5.97. The molecule has 1 saturated heterocycles. The first kappa shape index (κ1) is 20.8. The Balaban J connectivity index is 1.35. The first-order valence-corrected chi connectivity index (χ1v) is 10.5. The fourth-order valence-electron chi connectivity index (χ4n) is 3.63. The monoisotopic (exact) mass is 446 g/mol. The number of aromatic nitrogens is 5. The third-order valence-corrected chi connectivity index (χ3v) is 5.41. The van der Waals surface area contributed by atoms with Crippen LogP contribution in [-0.4, -0.2) is 61.7 Å². The Morgan fingerprint density at radius 1 is 1.15 bits per heavy atom. The highest BCUT2D eigenvalue weighted by Gasteiger charge is 2.19. The molecule has 3 aromatic heterocycles. The summed E-state index contributed by atoms with van der Waals surface area (Å²) in [7, 11) is 1.81. The number of fused-ring (bicyclic) bond motifs is 1. The van der Waals surface area contributed by atoms with Crippen molar-refractivity contribution in [3.05, 3.63) is 76.6 Å². The lowest BCUT2D eigenvalue weighted by atomic mass is 10.1. The zero-order chi connectivity index (χ0) is 22.8. The summed E-state index contributed by atoms with van der Waals surface area (Å²) in [5.74, 6) is 0.488. The van der Waals surface area contributed by atoms with Crippen LogP contribution in [0.1, 0.15) is 16.1 Å². The van der Waals surface area contributed by atoms with E-state index in [1.165, 1.54) is 6.07 Å². The summed E-state index contributed by atoms with van der Waals surface area (Å²) in [4.78, 5) is 31.2. The number of amides is 1. The largest absolute Gasteiger partial charge is 0.487 e. The fourth-order valence-corrected chi connectivity index (χ4v) is 3.63.